The van der Waals surface area contributed by atoms with E-state index in [1.54, 1.807) is 0 Å². The van der Waals surface area contributed by atoms with E-state index in [4.69, 9.17) is 17.7 Å². The Labute approximate surface area is 164 Å². The van der Waals surface area contributed by atoms with Gasteiger partial charge < -0.3 is 4.74 Å². The van der Waals surface area contributed by atoms with E-state index in [9.17, 15) is 13.2 Å². The summed E-state index contributed by atoms with van der Waals surface area (Å²) in [7, 11) is -5.84. The van der Waals surface area contributed by atoms with Crippen molar-refractivity contribution in [2.45, 2.75) is 25.3 Å². The zero-order chi connectivity index (χ0) is 19.8. The molecule has 144 valence electrons. The number of unbranched alkanes of at least 4 members (excludes halogenated alkanes) is 1. The van der Waals surface area contributed by atoms with E-state index < -0.39 is 15.6 Å². The Morgan fingerprint density at radius 1 is 1.04 bits per heavy atom. The van der Waals surface area contributed by atoms with Crippen molar-refractivity contribution in [1.82, 2.24) is 0 Å². The van der Waals surface area contributed by atoms with Crippen LogP contribution in [0.15, 0.2) is 48.5 Å². The Hall–Kier alpha value is -1.33. The van der Waals surface area contributed by atoms with Crippen molar-refractivity contribution in [2.75, 3.05) is 6.61 Å². The first kappa shape index (κ1) is 22.7. The first-order valence-corrected chi connectivity index (χ1v) is 10.1. The van der Waals surface area contributed by atoms with Crippen molar-refractivity contribution in [3.05, 3.63) is 52.1 Å². The monoisotopic (exact) mass is 502 g/mol. The van der Waals surface area contributed by atoms with Crippen LogP contribution < -0.4 is 4.74 Å². The fraction of sp³-hybridized carbons (Fsp3) is 0.294. The second-order valence-electron chi connectivity index (χ2n) is 5.10. The maximum Gasteiger partial charge on any atom is 0.522 e. The van der Waals surface area contributed by atoms with E-state index in [0.717, 1.165) is 25.2 Å². The van der Waals surface area contributed by atoms with E-state index in [2.05, 4.69) is 65.9 Å². The Balaban J connectivity index is 0.000000359. The lowest BCUT2D eigenvalue weighted by atomic mass is 10.1. The van der Waals surface area contributed by atoms with Crippen LogP contribution in [0.1, 0.15) is 19.8 Å². The van der Waals surface area contributed by atoms with Gasteiger partial charge in [-0.25, -0.2) is 0 Å². The van der Waals surface area contributed by atoms with Gasteiger partial charge in [0.15, 0.2) is 0 Å². The predicted molar refractivity (Wildman–Crippen MR) is 103 cm³/mol. The minimum absolute atomic E-state index is 0.789. The molecule has 0 saturated heterocycles. The molecular weight excluding hydrogens is 484 g/mol. The Morgan fingerprint density at radius 3 is 2.04 bits per heavy atom. The van der Waals surface area contributed by atoms with Gasteiger partial charge in [-0.05, 0) is 46.7 Å². The number of rotatable bonds is 5. The van der Waals surface area contributed by atoms with Crippen LogP contribution in [0.3, 0.4) is 0 Å². The van der Waals surface area contributed by atoms with Crippen LogP contribution in [0.2, 0.25) is 0 Å². The molecule has 0 atom stereocenters. The van der Waals surface area contributed by atoms with E-state index in [1.807, 2.05) is 12.1 Å². The maximum absolute atomic E-state index is 10.7. The summed E-state index contributed by atoms with van der Waals surface area (Å²) in [6.07, 6.45) is 2.26. The van der Waals surface area contributed by atoms with Crippen molar-refractivity contribution >= 4 is 32.7 Å². The summed E-state index contributed by atoms with van der Waals surface area (Å²) in [6, 6.07) is 16.7. The number of benzene rings is 2. The Bertz CT molecular complexity index is 808. The average molecular weight is 502 g/mol. The molecule has 0 aliphatic rings. The molecule has 0 heterocycles. The molecule has 0 spiro atoms. The molecule has 0 amide bonds. The lowest BCUT2D eigenvalue weighted by Gasteiger charge is -2.12. The van der Waals surface area contributed by atoms with Crippen molar-refractivity contribution in [1.29, 1.82) is 0 Å². The molecule has 0 radical (unpaired) electrons. The predicted octanol–water partition coefficient (Wildman–Crippen LogP) is 5.53. The Kier molecular flexibility index (Phi) is 8.84. The van der Waals surface area contributed by atoms with Gasteiger partial charge in [-0.2, -0.15) is 21.6 Å². The molecule has 26 heavy (non-hydrogen) atoms. The van der Waals surface area contributed by atoms with Crippen molar-refractivity contribution in [3.63, 3.8) is 0 Å². The summed E-state index contributed by atoms with van der Waals surface area (Å²) in [5, 5.41) is 0. The standard InChI is InChI=1S/C16H17IO.CHF3O3S/c1-2-3-12-18-16-11-7-5-9-14(16)13-8-4-6-10-15(13)17;2-1(3,4)8(5,6)7/h4-11H,2-3,12H2,1H3;(H,5,6,7). The number of para-hydroxylation sites is 1. The average Bonchev–Trinajstić information content (AvgIpc) is 2.55. The molecule has 2 rings (SSSR count). The zero-order valence-electron chi connectivity index (χ0n) is 13.8. The Morgan fingerprint density at radius 2 is 1.54 bits per heavy atom. The van der Waals surface area contributed by atoms with Crippen molar-refractivity contribution in [2.24, 2.45) is 0 Å². The molecule has 4 nitrogen and oxygen atoms in total. The number of hydrogen-bond acceptors (Lipinski definition) is 3. The van der Waals surface area contributed by atoms with Crippen LogP contribution in [0, 0.1) is 3.57 Å². The van der Waals surface area contributed by atoms with Crippen molar-refractivity contribution in [3.8, 4) is 16.9 Å². The van der Waals surface area contributed by atoms with E-state index >= 15 is 0 Å². The van der Waals surface area contributed by atoms with E-state index in [0.29, 0.717) is 0 Å². The number of halogens is 4. The maximum atomic E-state index is 10.7. The smallest absolute Gasteiger partial charge is 0.493 e. The highest BCUT2D eigenvalue weighted by molar-refractivity contribution is 14.1. The lowest BCUT2D eigenvalue weighted by molar-refractivity contribution is -0.0510. The molecule has 0 fully saturated rings. The van der Waals surface area contributed by atoms with Gasteiger partial charge in [0.2, 0.25) is 0 Å². The summed E-state index contributed by atoms with van der Waals surface area (Å²) in [6.45, 7) is 2.96. The van der Waals surface area contributed by atoms with Crippen LogP contribution in [-0.4, -0.2) is 25.1 Å². The molecule has 0 bridgehead atoms. The van der Waals surface area contributed by atoms with Gasteiger partial charge in [-0.1, -0.05) is 49.7 Å². The van der Waals surface area contributed by atoms with Gasteiger partial charge >= 0.3 is 15.6 Å². The third-order valence-corrected chi connectivity index (χ3v) is 4.62. The van der Waals surface area contributed by atoms with Gasteiger partial charge in [0.1, 0.15) is 5.75 Å². The zero-order valence-corrected chi connectivity index (χ0v) is 16.8. The fourth-order valence-corrected chi connectivity index (χ4v) is 2.50. The third kappa shape index (κ3) is 7.12. The molecule has 2 aromatic carbocycles. The van der Waals surface area contributed by atoms with Crippen LogP contribution >= 0.6 is 22.6 Å². The first-order chi connectivity index (χ1) is 12.1. The third-order valence-electron chi connectivity index (χ3n) is 3.10. The van der Waals surface area contributed by atoms with Crippen LogP contribution in [0.25, 0.3) is 11.1 Å². The van der Waals surface area contributed by atoms with Gasteiger partial charge in [0, 0.05) is 9.13 Å². The molecular formula is C17H18F3IO4S. The summed E-state index contributed by atoms with van der Waals surface area (Å²) < 4.78 is 64.7. The number of hydrogen-bond donors (Lipinski definition) is 1. The van der Waals surface area contributed by atoms with Gasteiger partial charge in [-0.15, -0.1) is 0 Å². The summed E-state index contributed by atoms with van der Waals surface area (Å²) in [4.78, 5) is 0. The molecule has 2 aromatic rings. The second-order valence-corrected chi connectivity index (χ2v) is 7.67. The largest absolute Gasteiger partial charge is 0.522 e. The minimum Gasteiger partial charge on any atom is -0.493 e. The summed E-state index contributed by atoms with van der Waals surface area (Å²) in [5.41, 5.74) is -3.11. The second kappa shape index (κ2) is 10.1. The van der Waals surface area contributed by atoms with Crippen LogP contribution in [0.5, 0.6) is 5.75 Å². The fourth-order valence-electron chi connectivity index (χ4n) is 1.82. The highest BCUT2D eigenvalue weighted by Gasteiger charge is 2.44. The van der Waals surface area contributed by atoms with E-state index in [-0.39, 0.29) is 0 Å². The SMILES string of the molecule is CCCCOc1ccccc1-c1ccccc1I.O=S(=O)(O)C(F)(F)F. The molecule has 0 aromatic heterocycles. The van der Waals surface area contributed by atoms with Crippen LogP contribution in [-0.2, 0) is 10.1 Å². The molecule has 0 unspecified atom stereocenters. The first-order valence-electron chi connectivity index (χ1n) is 7.58. The molecule has 9 heteroatoms. The number of ether oxygens (including phenoxy) is 1. The number of alkyl halides is 3. The normalized spacial score (nSPS) is 11.5. The molecule has 0 aliphatic carbocycles. The minimum atomic E-state index is -5.84. The van der Waals surface area contributed by atoms with Gasteiger partial charge in [-0.3, -0.25) is 4.55 Å². The van der Waals surface area contributed by atoms with Crippen molar-refractivity contribution < 1.29 is 30.9 Å². The lowest BCUT2D eigenvalue weighted by Crippen LogP contribution is -2.21. The molecule has 0 saturated carbocycles. The highest BCUT2D eigenvalue weighted by atomic mass is 127. The highest BCUT2D eigenvalue weighted by Crippen LogP contribution is 2.32. The summed E-state index contributed by atoms with van der Waals surface area (Å²) in [5.74, 6) is 0.982. The topological polar surface area (TPSA) is 63.6 Å². The van der Waals surface area contributed by atoms with Gasteiger partial charge in [0.25, 0.3) is 0 Å². The quantitative estimate of drug-likeness (QED) is 0.253. The van der Waals surface area contributed by atoms with Crippen LogP contribution in [0.4, 0.5) is 13.2 Å². The molecule has 0 aliphatic heterocycles. The summed E-state index contributed by atoms with van der Waals surface area (Å²) >= 11 is 2.37. The van der Waals surface area contributed by atoms with Gasteiger partial charge in [0.05, 0.1) is 6.61 Å². The van der Waals surface area contributed by atoms with E-state index in [1.165, 1.54) is 14.7 Å². The molecule has 1 N–H and O–H groups in total.